The molecule has 0 aromatic rings. The molecule has 15 heavy (non-hydrogen) atoms. The van der Waals surface area contributed by atoms with E-state index in [1.165, 1.54) is 6.92 Å². The molecule has 0 saturated heterocycles. The van der Waals surface area contributed by atoms with Crippen LogP contribution in [0.15, 0.2) is 0 Å². The summed E-state index contributed by atoms with van der Waals surface area (Å²) < 4.78 is 4.41. The molecule has 7 heteroatoms. The second-order valence-corrected chi connectivity index (χ2v) is 2.88. The summed E-state index contributed by atoms with van der Waals surface area (Å²) in [5.74, 6) is -4.87. The summed E-state index contributed by atoms with van der Waals surface area (Å²) in [6, 6.07) is 0. The van der Waals surface area contributed by atoms with Crippen molar-refractivity contribution in [1.82, 2.24) is 5.32 Å². The van der Waals surface area contributed by atoms with E-state index < -0.39 is 17.7 Å². The Morgan fingerprint density at radius 1 is 1.53 bits per heavy atom. The largest absolute Gasteiger partial charge is 0.476 e. The molecule has 88 valence electrons. The number of carboxylic acids is 1. The maximum atomic E-state index is 11.0. The first-order valence-electron chi connectivity index (χ1n) is 4.54. The lowest BCUT2D eigenvalue weighted by atomic mass is 10.2. The number of hydrogen-bond acceptors (Lipinski definition) is 6. The summed E-state index contributed by atoms with van der Waals surface area (Å²) in [6.07, 6.45) is -0.217. The lowest BCUT2D eigenvalue weighted by molar-refractivity contribution is -0.223. The van der Waals surface area contributed by atoms with Gasteiger partial charge in [-0.1, -0.05) is 6.92 Å². The molecule has 7 nitrogen and oxygen atoms in total. The number of rotatable bonds is 7. The highest BCUT2D eigenvalue weighted by atomic mass is 16.7. The molecule has 0 aliphatic heterocycles. The molecule has 0 aromatic carbocycles. The fourth-order valence-corrected chi connectivity index (χ4v) is 0.784. The molecule has 0 fully saturated rings. The molecule has 0 saturated carbocycles. The Balaban J connectivity index is 4.08. The number of nitrogens with one attached hydrogen (secondary N) is 1. The number of carboxylic acid groups (broad SMARTS) is 1. The van der Waals surface area contributed by atoms with Crippen LogP contribution in [0, 0.1) is 0 Å². The summed E-state index contributed by atoms with van der Waals surface area (Å²) in [7, 11) is 0. The highest BCUT2D eigenvalue weighted by Gasteiger charge is 2.38. The maximum Gasteiger partial charge on any atom is 0.377 e. The van der Waals surface area contributed by atoms with Crippen molar-refractivity contribution < 1.29 is 24.5 Å². The molecule has 0 rings (SSSR count). The van der Waals surface area contributed by atoms with Crippen molar-refractivity contribution in [2.24, 2.45) is 5.73 Å². The molecular formula is C8H16N2O5. The summed E-state index contributed by atoms with van der Waals surface area (Å²) in [5, 5.41) is 20.5. The van der Waals surface area contributed by atoms with Crippen LogP contribution in [0.4, 0.5) is 0 Å². The zero-order chi connectivity index (χ0) is 11.9. The van der Waals surface area contributed by atoms with Gasteiger partial charge in [0.15, 0.2) is 0 Å². The average Bonchev–Trinajstić information content (AvgIpc) is 2.17. The highest BCUT2D eigenvalue weighted by molar-refractivity contribution is 5.80. The van der Waals surface area contributed by atoms with Crippen molar-refractivity contribution in [3.8, 4) is 0 Å². The van der Waals surface area contributed by atoms with Gasteiger partial charge in [-0.25, -0.2) is 4.79 Å². The molecular weight excluding hydrogens is 204 g/mol. The highest BCUT2D eigenvalue weighted by Crippen LogP contribution is 2.11. The van der Waals surface area contributed by atoms with Crippen LogP contribution in [-0.4, -0.2) is 47.6 Å². The minimum absolute atomic E-state index is 0.188. The minimum atomic E-state index is -2.44. The number of aliphatic carboxylic acids is 1. The predicted octanol–water partition coefficient (Wildman–Crippen LogP) is -1.74. The van der Waals surface area contributed by atoms with Gasteiger partial charge in [-0.05, 0) is 0 Å². The van der Waals surface area contributed by atoms with Gasteiger partial charge in [-0.3, -0.25) is 4.79 Å². The van der Waals surface area contributed by atoms with E-state index in [4.69, 9.17) is 10.8 Å². The number of hydrogen-bond donors (Lipinski definition) is 4. The lowest BCUT2D eigenvalue weighted by Crippen LogP contribution is -2.44. The van der Waals surface area contributed by atoms with Crippen LogP contribution in [0.25, 0.3) is 0 Å². The van der Waals surface area contributed by atoms with Gasteiger partial charge in [0.25, 0.3) is 0 Å². The zero-order valence-corrected chi connectivity index (χ0v) is 8.52. The van der Waals surface area contributed by atoms with Gasteiger partial charge >= 0.3 is 17.7 Å². The molecule has 0 radical (unpaired) electrons. The van der Waals surface area contributed by atoms with Crippen molar-refractivity contribution in [3.63, 3.8) is 0 Å². The van der Waals surface area contributed by atoms with Crippen LogP contribution < -0.4 is 11.1 Å². The van der Waals surface area contributed by atoms with Gasteiger partial charge < -0.3 is 26.0 Å². The van der Waals surface area contributed by atoms with Crippen LogP contribution >= 0.6 is 0 Å². The van der Waals surface area contributed by atoms with Crippen molar-refractivity contribution in [2.45, 2.75) is 19.1 Å². The monoisotopic (exact) mass is 220 g/mol. The van der Waals surface area contributed by atoms with Crippen molar-refractivity contribution >= 4 is 11.9 Å². The van der Waals surface area contributed by atoms with Gasteiger partial charge in [-0.15, -0.1) is 0 Å². The zero-order valence-electron chi connectivity index (χ0n) is 8.52. The first kappa shape index (κ1) is 13.8. The standard InChI is InChI=1S/C8H16N2O5/c1-2-8(14,7(12)13)15-6(11)5-10-4-3-9/h10,14H,2-5,9H2,1H3,(H,12,13). The van der Waals surface area contributed by atoms with Crippen molar-refractivity contribution in [3.05, 3.63) is 0 Å². The van der Waals surface area contributed by atoms with Crippen LogP contribution in [0.2, 0.25) is 0 Å². The molecule has 0 bridgehead atoms. The number of ether oxygens (including phenoxy) is 1. The van der Waals surface area contributed by atoms with E-state index in [1.54, 1.807) is 0 Å². The molecule has 0 heterocycles. The smallest absolute Gasteiger partial charge is 0.377 e. The van der Waals surface area contributed by atoms with E-state index in [9.17, 15) is 14.7 Å². The number of carbonyl (C=O) groups is 2. The van der Waals surface area contributed by atoms with Crippen molar-refractivity contribution in [2.75, 3.05) is 19.6 Å². The third-order valence-electron chi connectivity index (χ3n) is 1.69. The second kappa shape index (κ2) is 6.33. The molecule has 1 atom stereocenters. The molecule has 0 aromatic heterocycles. The third-order valence-corrected chi connectivity index (χ3v) is 1.69. The molecule has 0 aliphatic rings. The van der Waals surface area contributed by atoms with Gasteiger partial charge in [0.05, 0.1) is 6.54 Å². The average molecular weight is 220 g/mol. The summed E-state index contributed by atoms with van der Waals surface area (Å²) in [4.78, 5) is 21.6. The van der Waals surface area contributed by atoms with E-state index in [1.807, 2.05) is 0 Å². The van der Waals surface area contributed by atoms with E-state index >= 15 is 0 Å². The Hall–Kier alpha value is -1.18. The number of carbonyl (C=O) groups excluding carboxylic acids is 1. The maximum absolute atomic E-state index is 11.0. The minimum Gasteiger partial charge on any atom is -0.476 e. The Morgan fingerprint density at radius 3 is 2.53 bits per heavy atom. The van der Waals surface area contributed by atoms with E-state index in [2.05, 4.69) is 10.1 Å². The lowest BCUT2D eigenvalue weighted by Gasteiger charge is -2.21. The van der Waals surface area contributed by atoms with Crippen LogP contribution in [0.5, 0.6) is 0 Å². The SMILES string of the molecule is CCC(O)(OC(=O)CNCCN)C(=O)O. The van der Waals surface area contributed by atoms with Crippen LogP contribution in [-0.2, 0) is 14.3 Å². The molecule has 0 amide bonds. The molecule has 1 unspecified atom stereocenters. The van der Waals surface area contributed by atoms with E-state index in [0.717, 1.165) is 0 Å². The Bertz CT molecular complexity index is 233. The fraction of sp³-hybridized carbons (Fsp3) is 0.750. The molecule has 0 spiro atoms. The predicted molar refractivity (Wildman–Crippen MR) is 50.9 cm³/mol. The first-order valence-corrected chi connectivity index (χ1v) is 4.54. The Morgan fingerprint density at radius 2 is 2.13 bits per heavy atom. The topological polar surface area (TPSA) is 122 Å². The number of nitrogens with two attached hydrogens (primary N) is 1. The Kier molecular flexibility index (Phi) is 5.83. The summed E-state index contributed by atoms with van der Waals surface area (Å²) in [6.45, 7) is 1.97. The quantitative estimate of drug-likeness (QED) is 0.228. The fourth-order valence-electron chi connectivity index (χ4n) is 0.784. The summed E-state index contributed by atoms with van der Waals surface area (Å²) >= 11 is 0. The van der Waals surface area contributed by atoms with E-state index in [-0.39, 0.29) is 13.0 Å². The van der Waals surface area contributed by atoms with Gasteiger partial charge in [0.1, 0.15) is 0 Å². The van der Waals surface area contributed by atoms with Crippen LogP contribution in [0.1, 0.15) is 13.3 Å². The number of esters is 1. The van der Waals surface area contributed by atoms with E-state index in [0.29, 0.717) is 13.1 Å². The summed E-state index contributed by atoms with van der Waals surface area (Å²) in [5.41, 5.74) is 5.16. The van der Waals surface area contributed by atoms with Crippen LogP contribution in [0.3, 0.4) is 0 Å². The third kappa shape index (κ3) is 4.73. The normalized spacial score (nSPS) is 14.3. The number of aliphatic hydroxyl groups is 1. The molecule has 0 aliphatic carbocycles. The first-order chi connectivity index (χ1) is 6.96. The second-order valence-electron chi connectivity index (χ2n) is 2.88. The van der Waals surface area contributed by atoms with Gasteiger partial charge in [0, 0.05) is 19.5 Å². The Labute approximate surface area is 87.2 Å². The van der Waals surface area contributed by atoms with Gasteiger partial charge in [0.2, 0.25) is 0 Å². The van der Waals surface area contributed by atoms with Crippen molar-refractivity contribution in [1.29, 1.82) is 0 Å². The van der Waals surface area contributed by atoms with Gasteiger partial charge in [-0.2, -0.15) is 0 Å². The molecule has 5 N–H and O–H groups in total.